The Morgan fingerprint density at radius 2 is 1.85 bits per heavy atom. The van der Waals surface area contributed by atoms with Crippen LogP contribution in [0.3, 0.4) is 0 Å². The number of amides is 1. The molecule has 0 saturated carbocycles. The van der Waals surface area contributed by atoms with Crippen LogP contribution >= 0.6 is 11.3 Å². The van der Waals surface area contributed by atoms with Gasteiger partial charge in [0.2, 0.25) is 5.91 Å². The van der Waals surface area contributed by atoms with Crippen LogP contribution in [0.15, 0.2) is 34.6 Å². The number of ether oxygens (including phenoxy) is 1. The van der Waals surface area contributed by atoms with Crippen molar-refractivity contribution < 1.29 is 27.1 Å². The zero-order chi connectivity index (χ0) is 23.6. The van der Waals surface area contributed by atoms with E-state index in [1.165, 1.54) is 29.6 Å². The molecule has 0 radical (unpaired) electrons. The number of sulfonamides is 1. The second-order valence-corrected chi connectivity index (χ2v) is 11.2. The lowest BCUT2D eigenvalue weighted by Gasteiger charge is -2.26. The number of piperidine rings is 1. The summed E-state index contributed by atoms with van der Waals surface area (Å²) in [7, 11) is -2.61. The van der Waals surface area contributed by atoms with E-state index >= 15 is 0 Å². The van der Waals surface area contributed by atoms with Crippen LogP contribution < -0.4 is 0 Å². The number of rotatable bonds is 5. The maximum Gasteiger partial charge on any atom is 0.340 e. The van der Waals surface area contributed by atoms with Crippen LogP contribution in [0.5, 0.6) is 0 Å². The van der Waals surface area contributed by atoms with Gasteiger partial charge in [-0.15, -0.1) is 11.3 Å². The van der Waals surface area contributed by atoms with Crippen molar-refractivity contribution >= 4 is 39.3 Å². The molecule has 0 atom stereocenters. The smallest absolute Gasteiger partial charge is 0.340 e. The molecular formula is C23H25FN2O5S2. The number of hydrogen-bond acceptors (Lipinski definition) is 6. The Morgan fingerprint density at radius 3 is 2.55 bits per heavy atom. The van der Waals surface area contributed by atoms with Gasteiger partial charge in [0.15, 0.2) is 0 Å². The highest BCUT2D eigenvalue weighted by atomic mass is 32.2. The summed E-state index contributed by atoms with van der Waals surface area (Å²) in [4.78, 5) is 27.5. The second kappa shape index (κ2) is 9.74. The van der Waals surface area contributed by atoms with Gasteiger partial charge in [-0.1, -0.05) is 24.6 Å². The second-order valence-electron chi connectivity index (χ2n) is 7.99. The number of carbonyl (C=O) groups is 2. The van der Waals surface area contributed by atoms with Gasteiger partial charge in [0, 0.05) is 36.2 Å². The molecule has 2 aromatic rings. The van der Waals surface area contributed by atoms with Crippen molar-refractivity contribution in [2.75, 3.05) is 26.7 Å². The number of benzene rings is 1. The maximum absolute atomic E-state index is 13.8. The van der Waals surface area contributed by atoms with Gasteiger partial charge in [0.05, 0.1) is 19.2 Å². The van der Waals surface area contributed by atoms with Gasteiger partial charge < -0.3 is 9.64 Å². The number of carbonyl (C=O) groups excluding carboxylic acids is 2. The van der Waals surface area contributed by atoms with Crippen LogP contribution in [0, 0.1) is 5.82 Å². The van der Waals surface area contributed by atoms with Crippen LogP contribution in [0.25, 0.3) is 6.08 Å². The number of hydrogen-bond donors (Lipinski definition) is 0. The highest BCUT2D eigenvalue weighted by Crippen LogP contribution is 2.38. The molecule has 1 aromatic carbocycles. The van der Waals surface area contributed by atoms with E-state index in [0.717, 1.165) is 30.6 Å². The van der Waals surface area contributed by atoms with Crippen molar-refractivity contribution in [3.8, 4) is 0 Å². The number of fused-ring (bicyclic) bond motifs is 1. The molecule has 0 aliphatic carbocycles. The number of esters is 1. The average molecular weight is 493 g/mol. The summed E-state index contributed by atoms with van der Waals surface area (Å²) >= 11 is 1.04. The van der Waals surface area contributed by atoms with Gasteiger partial charge in [-0.05, 0) is 37.0 Å². The van der Waals surface area contributed by atoms with E-state index in [9.17, 15) is 22.4 Å². The molecule has 4 rings (SSSR count). The SMILES string of the molecule is COC(=O)c1c(S(=O)(=O)N2CCCCC2)sc2c1CCN(C(=O)/C=C/c1ccccc1F)C2. The Kier molecular flexibility index (Phi) is 6.96. The fourth-order valence-electron chi connectivity index (χ4n) is 4.16. The van der Waals surface area contributed by atoms with E-state index in [4.69, 9.17) is 4.74 Å². The predicted octanol–water partition coefficient (Wildman–Crippen LogP) is 3.45. The fraction of sp³-hybridized carbons (Fsp3) is 0.391. The van der Waals surface area contributed by atoms with Crippen LogP contribution in [0.4, 0.5) is 4.39 Å². The molecule has 0 N–H and O–H groups in total. The third-order valence-electron chi connectivity index (χ3n) is 5.93. The van der Waals surface area contributed by atoms with Gasteiger partial charge >= 0.3 is 5.97 Å². The summed E-state index contributed by atoms with van der Waals surface area (Å²) in [5.74, 6) is -1.41. The summed E-state index contributed by atoms with van der Waals surface area (Å²) in [5, 5.41) is 0. The molecule has 7 nitrogen and oxygen atoms in total. The Bertz CT molecular complexity index is 1200. The van der Waals surface area contributed by atoms with Crippen LogP contribution in [0.1, 0.15) is 45.6 Å². The predicted molar refractivity (Wildman–Crippen MR) is 123 cm³/mol. The van der Waals surface area contributed by atoms with Gasteiger partial charge in [-0.3, -0.25) is 4.79 Å². The minimum Gasteiger partial charge on any atom is -0.465 e. The number of methoxy groups -OCH3 is 1. The monoisotopic (exact) mass is 492 g/mol. The lowest BCUT2D eigenvalue weighted by molar-refractivity contribution is -0.126. The van der Waals surface area contributed by atoms with Crippen molar-refractivity contribution in [2.45, 2.75) is 36.4 Å². The highest BCUT2D eigenvalue weighted by Gasteiger charge is 2.37. The minimum absolute atomic E-state index is 0.00236. The lowest BCUT2D eigenvalue weighted by Crippen LogP contribution is -2.36. The zero-order valence-corrected chi connectivity index (χ0v) is 19.9. The number of thiophene rings is 1. The Hall–Kier alpha value is -2.56. The first kappa shape index (κ1) is 23.6. The van der Waals surface area contributed by atoms with E-state index in [0.29, 0.717) is 42.1 Å². The molecule has 1 aromatic heterocycles. The minimum atomic E-state index is -3.84. The van der Waals surface area contributed by atoms with Gasteiger partial charge in [-0.25, -0.2) is 17.6 Å². The van der Waals surface area contributed by atoms with Crippen LogP contribution in [0.2, 0.25) is 0 Å². The molecule has 33 heavy (non-hydrogen) atoms. The summed E-state index contributed by atoms with van der Waals surface area (Å²) < 4.78 is 46.9. The molecule has 0 unspecified atom stereocenters. The molecule has 0 spiro atoms. The first-order valence-electron chi connectivity index (χ1n) is 10.8. The Labute approximate surface area is 196 Å². The standard InChI is InChI=1S/C23H25FN2O5S2/c1-31-22(28)21-17-11-14-25(20(27)10-9-16-7-3-4-8-18(16)24)15-19(17)32-23(21)33(29,30)26-12-5-2-6-13-26/h3-4,7-10H,2,5-6,11-15H2,1H3/b10-9+. The number of nitrogens with zero attached hydrogens (tertiary/aromatic N) is 2. The fourth-order valence-corrected chi connectivity index (χ4v) is 7.71. The highest BCUT2D eigenvalue weighted by molar-refractivity contribution is 7.91. The molecule has 10 heteroatoms. The van der Waals surface area contributed by atoms with Crippen molar-refractivity contribution in [3.05, 3.63) is 57.7 Å². The van der Waals surface area contributed by atoms with Crippen molar-refractivity contribution in [1.82, 2.24) is 9.21 Å². The van der Waals surface area contributed by atoms with E-state index in [1.807, 2.05) is 0 Å². The maximum atomic E-state index is 13.8. The average Bonchev–Trinajstić information content (AvgIpc) is 3.23. The Balaban J connectivity index is 1.62. The summed E-state index contributed by atoms with van der Waals surface area (Å²) in [6.45, 7) is 1.35. The quantitative estimate of drug-likeness (QED) is 0.472. The van der Waals surface area contributed by atoms with Crippen molar-refractivity contribution in [3.63, 3.8) is 0 Å². The first-order chi connectivity index (χ1) is 15.8. The van der Waals surface area contributed by atoms with Crippen molar-refractivity contribution in [2.24, 2.45) is 0 Å². The van der Waals surface area contributed by atoms with Gasteiger partial charge in [0.1, 0.15) is 10.0 Å². The molecule has 0 bridgehead atoms. The molecule has 2 aliphatic rings. The Morgan fingerprint density at radius 1 is 1.12 bits per heavy atom. The van der Waals surface area contributed by atoms with E-state index in [-0.39, 0.29) is 22.2 Å². The molecular weight excluding hydrogens is 467 g/mol. The summed E-state index contributed by atoms with van der Waals surface area (Å²) in [5.41, 5.74) is 1.03. The topological polar surface area (TPSA) is 84.0 Å². The molecule has 3 heterocycles. The molecule has 2 aliphatic heterocycles. The molecule has 1 amide bonds. The van der Waals surface area contributed by atoms with E-state index < -0.39 is 21.8 Å². The first-order valence-corrected chi connectivity index (χ1v) is 13.0. The summed E-state index contributed by atoms with van der Waals surface area (Å²) in [6, 6.07) is 6.16. The lowest BCUT2D eigenvalue weighted by atomic mass is 10.0. The van der Waals surface area contributed by atoms with E-state index in [2.05, 4.69) is 0 Å². The normalized spacial score (nSPS) is 17.2. The zero-order valence-electron chi connectivity index (χ0n) is 18.3. The third-order valence-corrected chi connectivity index (χ3v) is 9.54. The van der Waals surface area contributed by atoms with Crippen LogP contribution in [-0.2, 0) is 32.5 Å². The third kappa shape index (κ3) is 4.73. The van der Waals surface area contributed by atoms with E-state index in [1.54, 1.807) is 23.1 Å². The van der Waals surface area contributed by atoms with Gasteiger partial charge in [0.25, 0.3) is 10.0 Å². The largest absolute Gasteiger partial charge is 0.465 e. The molecule has 1 saturated heterocycles. The number of halogens is 1. The molecule has 176 valence electrons. The molecule has 1 fully saturated rings. The van der Waals surface area contributed by atoms with Crippen LogP contribution in [-0.4, -0.2) is 56.2 Å². The van der Waals surface area contributed by atoms with Gasteiger partial charge in [-0.2, -0.15) is 4.31 Å². The summed E-state index contributed by atoms with van der Waals surface area (Å²) in [6.07, 6.45) is 5.62. The van der Waals surface area contributed by atoms with Crippen molar-refractivity contribution in [1.29, 1.82) is 0 Å².